The maximum Gasteiger partial charge on any atom is 0.0534 e. The van der Waals surface area contributed by atoms with E-state index < -0.39 is 0 Å². The predicted molar refractivity (Wildman–Crippen MR) is 80.6 cm³/mol. The molecule has 3 heteroatoms. The van der Waals surface area contributed by atoms with Crippen molar-refractivity contribution in [2.24, 2.45) is 0 Å². The van der Waals surface area contributed by atoms with Gasteiger partial charge in [-0.25, -0.2) is 0 Å². The van der Waals surface area contributed by atoms with Gasteiger partial charge in [0.05, 0.1) is 6.61 Å². The molecule has 0 saturated carbocycles. The van der Waals surface area contributed by atoms with E-state index in [2.05, 4.69) is 45.0 Å². The maximum absolute atomic E-state index is 9.80. The molecular weight excluding hydrogens is 344 g/mol. The minimum Gasteiger partial charge on any atom is -0.395 e. The Bertz CT molecular complexity index is 382. The zero-order valence-electron chi connectivity index (χ0n) is 9.63. The van der Waals surface area contributed by atoms with Crippen LogP contribution >= 0.6 is 31.9 Å². The maximum atomic E-state index is 9.80. The van der Waals surface area contributed by atoms with Gasteiger partial charge in [-0.3, -0.25) is 0 Å². The molecule has 0 radical (unpaired) electrons. The lowest BCUT2D eigenvalue weighted by atomic mass is 9.75. The van der Waals surface area contributed by atoms with Crippen molar-refractivity contribution in [2.45, 2.75) is 18.3 Å². The molecule has 0 aliphatic rings. The molecular formula is C14H16Br2O. The number of rotatable bonds is 6. The van der Waals surface area contributed by atoms with Crippen molar-refractivity contribution < 1.29 is 5.11 Å². The number of aliphatic hydroxyl groups excluding tert-OH is 1. The summed E-state index contributed by atoms with van der Waals surface area (Å²) in [5.74, 6) is 0. The number of allylic oxidation sites excluding steroid dienone is 2. The summed E-state index contributed by atoms with van der Waals surface area (Å²) in [6, 6.07) is 9.99. The Kier molecular flexibility index (Phi) is 5.63. The van der Waals surface area contributed by atoms with Crippen LogP contribution < -0.4 is 0 Å². The monoisotopic (exact) mass is 358 g/mol. The summed E-state index contributed by atoms with van der Waals surface area (Å²) in [6.45, 7) is 7.82. The molecule has 92 valence electrons. The molecule has 0 aromatic heterocycles. The van der Waals surface area contributed by atoms with Gasteiger partial charge in [0.25, 0.3) is 0 Å². The fraction of sp³-hybridized carbons (Fsp3) is 0.286. The summed E-state index contributed by atoms with van der Waals surface area (Å²) in [4.78, 5) is 0. The van der Waals surface area contributed by atoms with Gasteiger partial charge < -0.3 is 5.11 Å². The fourth-order valence-electron chi connectivity index (χ4n) is 2.00. The molecule has 1 rings (SSSR count). The van der Waals surface area contributed by atoms with Gasteiger partial charge in [0.2, 0.25) is 0 Å². The van der Waals surface area contributed by atoms with E-state index in [1.807, 2.05) is 30.3 Å². The van der Waals surface area contributed by atoms with E-state index in [1.54, 1.807) is 0 Å². The standard InChI is InChI=1S/C14H16Br2O/c1-11(15)8-14(10-17,9-12(2)16)13-6-4-3-5-7-13/h3-7,17H,1-2,8-10H2. The van der Waals surface area contributed by atoms with E-state index in [-0.39, 0.29) is 12.0 Å². The number of aliphatic hydroxyl groups is 1. The van der Waals surface area contributed by atoms with Crippen LogP contribution in [0, 0.1) is 0 Å². The average Bonchev–Trinajstić information content (AvgIpc) is 2.28. The predicted octanol–water partition coefficient (Wildman–Crippen LogP) is 4.51. The molecule has 0 amide bonds. The van der Waals surface area contributed by atoms with E-state index in [0.717, 1.165) is 14.5 Å². The smallest absolute Gasteiger partial charge is 0.0534 e. The van der Waals surface area contributed by atoms with Crippen LogP contribution in [0.2, 0.25) is 0 Å². The minimum absolute atomic E-state index is 0.0618. The zero-order chi connectivity index (χ0) is 12.9. The van der Waals surface area contributed by atoms with Crippen molar-refractivity contribution >= 4 is 31.9 Å². The molecule has 0 saturated heterocycles. The zero-order valence-corrected chi connectivity index (χ0v) is 12.8. The number of hydrogen-bond acceptors (Lipinski definition) is 1. The highest BCUT2D eigenvalue weighted by molar-refractivity contribution is 9.12. The Hall–Kier alpha value is -0.380. The third kappa shape index (κ3) is 4.09. The first-order valence-corrected chi connectivity index (χ1v) is 6.92. The summed E-state index contributed by atoms with van der Waals surface area (Å²) in [7, 11) is 0. The van der Waals surface area contributed by atoms with Gasteiger partial charge in [-0.2, -0.15) is 0 Å². The molecule has 0 fully saturated rings. The van der Waals surface area contributed by atoms with Gasteiger partial charge >= 0.3 is 0 Å². The largest absolute Gasteiger partial charge is 0.395 e. The van der Waals surface area contributed by atoms with Crippen LogP contribution in [0.1, 0.15) is 18.4 Å². The van der Waals surface area contributed by atoms with Crippen molar-refractivity contribution in [3.63, 3.8) is 0 Å². The molecule has 0 heterocycles. The van der Waals surface area contributed by atoms with Crippen LogP contribution in [0.15, 0.2) is 52.5 Å². The summed E-state index contributed by atoms with van der Waals surface area (Å²) < 4.78 is 1.76. The molecule has 0 bridgehead atoms. The summed E-state index contributed by atoms with van der Waals surface area (Å²) in [5.41, 5.74) is 0.742. The van der Waals surface area contributed by atoms with Crippen molar-refractivity contribution in [1.82, 2.24) is 0 Å². The molecule has 0 atom stereocenters. The van der Waals surface area contributed by atoms with Crippen molar-refractivity contribution in [3.8, 4) is 0 Å². The second kappa shape index (κ2) is 6.53. The third-order valence-corrected chi connectivity index (χ3v) is 3.31. The molecule has 17 heavy (non-hydrogen) atoms. The van der Waals surface area contributed by atoms with E-state index >= 15 is 0 Å². The molecule has 0 unspecified atom stereocenters. The highest BCUT2D eigenvalue weighted by Gasteiger charge is 2.32. The Labute approximate surface area is 120 Å². The van der Waals surface area contributed by atoms with Crippen LogP contribution in [0.25, 0.3) is 0 Å². The quantitative estimate of drug-likeness (QED) is 0.791. The lowest BCUT2D eigenvalue weighted by Gasteiger charge is -2.32. The van der Waals surface area contributed by atoms with E-state index in [4.69, 9.17) is 0 Å². The fourth-order valence-corrected chi connectivity index (χ4v) is 3.07. The van der Waals surface area contributed by atoms with E-state index in [1.165, 1.54) is 0 Å². The van der Waals surface area contributed by atoms with Gasteiger partial charge in [0.15, 0.2) is 0 Å². The second-order valence-corrected chi connectivity index (χ2v) is 6.44. The first kappa shape index (κ1) is 14.7. The van der Waals surface area contributed by atoms with Gasteiger partial charge in [0.1, 0.15) is 0 Å². The highest BCUT2D eigenvalue weighted by Crippen LogP contribution is 2.38. The molecule has 0 aliphatic heterocycles. The van der Waals surface area contributed by atoms with Crippen LogP contribution in [-0.2, 0) is 5.41 Å². The lowest BCUT2D eigenvalue weighted by Crippen LogP contribution is -2.30. The molecule has 1 aromatic carbocycles. The Morgan fingerprint density at radius 1 is 1.06 bits per heavy atom. The Morgan fingerprint density at radius 3 is 1.88 bits per heavy atom. The van der Waals surface area contributed by atoms with Crippen LogP contribution in [0.4, 0.5) is 0 Å². The molecule has 1 N–H and O–H groups in total. The van der Waals surface area contributed by atoms with Crippen LogP contribution in [0.3, 0.4) is 0 Å². The molecule has 1 nitrogen and oxygen atoms in total. The number of hydrogen-bond donors (Lipinski definition) is 1. The van der Waals surface area contributed by atoms with Crippen LogP contribution in [-0.4, -0.2) is 11.7 Å². The Morgan fingerprint density at radius 2 is 1.53 bits per heavy atom. The normalized spacial score (nSPS) is 11.2. The minimum atomic E-state index is -0.359. The Balaban J connectivity index is 3.15. The first-order chi connectivity index (χ1) is 8.00. The molecule has 1 aromatic rings. The SMILES string of the molecule is C=C(Br)CC(CO)(CC(=C)Br)c1ccccc1. The lowest BCUT2D eigenvalue weighted by molar-refractivity contribution is 0.193. The van der Waals surface area contributed by atoms with E-state index in [9.17, 15) is 5.11 Å². The van der Waals surface area contributed by atoms with Crippen molar-refractivity contribution in [3.05, 3.63) is 58.0 Å². The molecule has 0 aliphatic carbocycles. The summed E-state index contributed by atoms with van der Waals surface area (Å²) in [5, 5.41) is 9.80. The van der Waals surface area contributed by atoms with Crippen molar-refractivity contribution in [2.75, 3.05) is 6.61 Å². The summed E-state index contributed by atoms with van der Waals surface area (Å²) in [6.07, 6.45) is 1.36. The summed E-state index contributed by atoms with van der Waals surface area (Å²) >= 11 is 6.78. The third-order valence-electron chi connectivity index (χ3n) is 2.75. The topological polar surface area (TPSA) is 20.2 Å². The number of benzene rings is 1. The van der Waals surface area contributed by atoms with Crippen LogP contribution in [0.5, 0.6) is 0 Å². The molecule has 0 spiro atoms. The van der Waals surface area contributed by atoms with Gasteiger partial charge in [-0.1, -0.05) is 75.3 Å². The van der Waals surface area contributed by atoms with Gasteiger partial charge in [0, 0.05) is 5.41 Å². The van der Waals surface area contributed by atoms with E-state index in [0.29, 0.717) is 12.8 Å². The first-order valence-electron chi connectivity index (χ1n) is 5.33. The van der Waals surface area contributed by atoms with Crippen molar-refractivity contribution in [1.29, 1.82) is 0 Å². The van der Waals surface area contributed by atoms with Gasteiger partial charge in [-0.05, 0) is 27.4 Å². The number of halogens is 2. The second-order valence-electron chi connectivity index (χ2n) is 4.19. The van der Waals surface area contributed by atoms with Gasteiger partial charge in [-0.15, -0.1) is 0 Å². The average molecular weight is 360 g/mol. The highest BCUT2D eigenvalue weighted by atomic mass is 79.9.